The van der Waals surface area contributed by atoms with Crippen LogP contribution in [0.3, 0.4) is 0 Å². The van der Waals surface area contributed by atoms with Crippen LogP contribution in [-0.4, -0.2) is 12.0 Å². The third-order valence-electron chi connectivity index (χ3n) is 3.40. The molecular weight excluding hydrogens is 220 g/mol. The Morgan fingerprint density at radius 3 is 2.56 bits per heavy atom. The van der Waals surface area contributed by atoms with Crippen LogP contribution in [0.5, 0.6) is 0 Å². The van der Waals surface area contributed by atoms with Crippen molar-refractivity contribution >= 4 is 5.69 Å². The van der Waals surface area contributed by atoms with Gasteiger partial charge in [0.1, 0.15) is 0 Å². The van der Waals surface area contributed by atoms with E-state index in [1.165, 1.54) is 16.8 Å². The van der Waals surface area contributed by atoms with Crippen LogP contribution in [0.1, 0.15) is 26.3 Å². The molecule has 0 aliphatic heterocycles. The fourth-order valence-corrected chi connectivity index (χ4v) is 2.11. The van der Waals surface area contributed by atoms with Gasteiger partial charge in [-0.1, -0.05) is 26.8 Å². The Bertz CT molecular complexity index is 498. The molecule has 0 radical (unpaired) electrons. The molecule has 0 N–H and O–H groups in total. The minimum absolute atomic E-state index is 0.504. The van der Waals surface area contributed by atoms with Gasteiger partial charge >= 0.3 is 0 Å². The van der Waals surface area contributed by atoms with E-state index in [-0.39, 0.29) is 0 Å². The summed E-state index contributed by atoms with van der Waals surface area (Å²) in [4.78, 5) is 6.52. The second-order valence-corrected chi connectivity index (χ2v) is 5.46. The molecule has 18 heavy (non-hydrogen) atoms. The monoisotopic (exact) mass is 242 g/mol. The van der Waals surface area contributed by atoms with E-state index in [2.05, 4.69) is 62.8 Å². The molecule has 0 aromatic carbocycles. The number of anilines is 1. The smallest absolute Gasteiger partial charge is 0.0594 e. The van der Waals surface area contributed by atoms with Gasteiger partial charge in [-0.15, -0.1) is 0 Å². The Morgan fingerprint density at radius 2 is 2.06 bits per heavy atom. The van der Waals surface area contributed by atoms with E-state index < -0.39 is 0 Å². The van der Waals surface area contributed by atoms with Crippen molar-refractivity contribution in [2.24, 2.45) is 11.8 Å². The molecule has 1 aromatic rings. The number of rotatable bonds is 4. The Hall–Kier alpha value is -1.57. The molecule has 1 heterocycles. The summed E-state index contributed by atoms with van der Waals surface area (Å²) in [6, 6.07) is 2.17. The maximum atomic E-state index is 4.27. The lowest BCUT2D eigenvalue weighted by Crippen LogP contribution is -2.20. The van der Waals surface area contributed by atoms with E-state index in [0.29, 0.717) is 11.8 Å². The zero-order valence-electron chi connectivity index (χ0n) is 11.9. The third-order valence-corrected chi connectivity index (χ3v) is 3.40. The van der Waals surface area contributed by atoms with E-state index in [9.17, 15) is 0 Å². The first-order valence-corrected chi connectivity index (χ1v) is 6.57. The second-order valence-electron chi connectivity index (χ2n) is 5.46. The highest BCUT2D eigenvalue weighted by Crippen LogP contribution is 2.33. The summed E-state index contributed by atoms with van der Waals surface area (Å²) in [5, 5.41) is 0. The minimum Gasteiger partial charge on any atom is -0.347 e. The van der Waals surface area contributed by atoms with Crippen LogP contribution in [0, 0.1) is 18.8 Å². The number of hydrogen-bond donors (Lipinski definition) is 0. The first kappa shape index (κ1) is 12.9. The highest BCUT2D eigenvalue weighted by Gasteiger charge is 2.20. The number of aromatic nitrogens is 1. The number of hydrogen-bond acceptors (Lipinski definition) is 2. The molecule has 1 aliphatic carbocycles. The fraction of sp³-hybridized carbons (Fsp3) is 0.438. The van der Waals surface area contributed by atoms with Crippen LogP contribution in [0.25, 0.3) is 0 Å². The quantitative estimate of drug-likeness (QED) is 0.795. The van der Waals surface area contributed by atoms with Crippen molar-refractivity contribution in [3.05, 3.63) is 47.4 Å². The Labute approximate surface area is 110 Å². The molecule has 2 rings (SSSR count). The molecule has 1 aliphatic rings. The normalized spacial score (nSPS) is 18.9. The van der Waals surface area contributed by atoms with Gasteiger partial charge in [0, 0.05) is 18.9 Å². The molecule has 2 nitrogen and oxygen atoms in total. The van der Waals surface area contributed by atoms with Crippen LogP contribution in [0.15, 0.2) is 41.9 Å². The van der Waals surface area contributed by atoms with Crippen molar-refractivity contribution in [2.75, 3.05) is 11.9 Å². The topological polar surface area (TPSA) is 16.1 Å². The fourth-order valence-electron chi connectivity index (χ4n) is 2.11. The summed E-state index contributed by atoms with van der Waals surface area (Å²) in [5.74, 6) is 1.16. The van der Waals surface area contributed by atoms with Crippen LogP contribution >= 0.6 is 0 Å². The van der Waals surface area contributed by atoms with Crippen molar-refractivity contribution in [2.45, 2.75) is 27.7 Å². The van der Waals surface area contributed by atoms with E-state index >= 15 is 0 Å². The van der Waals surface area contributed by atoms with Crippen molar-refractivity contribution in [3.8, 4) is 0 Å². The summed E-state index contributed by atoms with van der Waals surface area (Å²) in [6.07, 6.45) is 8.43. The second kappa shape index (κ2) is 4.97. The predicted octanol–water partition coefficient (Wildman–Crippen LogP) is 3.94. The summed E-state index contributed by atoms with van der Waals surface area (Å²) in [6.45, 7) is 8.78. The number of pyridine rings is 1. The minimum atomic E-state index is 0.504. The van der Waals surface area contributed by atoms with Crippen LogP contribution in [0.2, 0.25) is 0 Å². The maximum absolute atomic E-state index is 4.27. The van der Waals surface area contributed by atoms with E-state index in [1.54, 1.807) is 0 Å². The van der Waals surface area contributed by atoms with Crippen molar-refractivity contribution in [1.82, 2.24) is 4.98 Å². The molecule has 0 saturated carbocycles. The van der Waals surface area contributed by atoms with E-state index in [4.69, 9.17) is 0 Å². The maximum Gasteiger partial charge on any atom is 0.0594 e. The molecule has 1 unspecified atom stereocenters. The highest BCUT2D eigenvalue weighted by atomic mass is 15.1. The zero-order chi connectivity index (χ0) is 13.3. The van der Waals surface area contributed by atoms with Crippen LogP contribution in [0.4, 0.5) is 5.69 Å². The van der Waals surface area contributed by atoms with Crippen LogP contribution < -0.4 is 4.90 Å². The lowest BCUT2D eigenvalue weighted by molar-refractivity contribution is 0.732. The molecule has 1 aromatic heterocycles. The van der Waals surface area contributed by atoms with Gasteiger partial charge in [-0.2, -0.15) is 0 Å². The highest BCUT2D eigenvalue weighted by molar-refractivity contribution is 5.54. The number of allylic oxidation sites excluding steroid dienone is 4. The van der Waals surface area contributed by atoms with Gasteiger partial charge in [0.15, 0.2) is 0 Å². The largest absolute Gasteiger partial charge is 0.347 e. The van der Waals surface area contributed by atoms with Crippen molar-refractivity contribution in [3.63, 3.8) is 0 Å². The van der Waals surface area contributed by atoms with Gasteiger partial charge in [-0.05, 0) is 42.0 Å². The Morgan fingerprint density at radius 1 is 1.39 bits per heavy atom. The average Bonchev–Trinajstić information content (AvgIpc) is 3.01. The van der Waals surface area contributed by atoms with Gasteiger partial charge in [-0.3, -0.25) is 4.98 Å². The molecule has 0 amide bonds. The molecule has 96 valence electrons. The predicted molar refractivity (Wildman–Crippen MR) is 77.5 cm³/mol. The summed E-state index contributed by atoms with van der Waals surface area (Å²) >= 11 is 0. The molecular formula is C16H22N2. The van der Waals surface area contributed by atoms with Gasteiger partial charge in [-0.25, -0.2) is 0 Å². The SMILES string of the molecule is Cc1cncc(N(C)/C(=C\C2=CC2C)C(C)C)c1. The molecule has 0 fully saturated rings. The molecule has 0 spiro atoms. The molecule has 0 saturated heterocycles. The Kier molecular flexibility index (Phi) is 3.55. The van der Waals surface area contributed by atoms with Crippen molar-refractivity contribution < 1.29 is 0 Å². The lowest BCUT2D eigenvalue weighted by atomic mass is 10.1. The first-order valence-electron chi connectivity index (χ1n) is 6.57. The van der Waals surface area contributed by atoms with E-state index in [1.807, 2.05) is 12.4 Å². The first-order chi connectivity index (χ1) is 8.49. The van der Waals surface area contributed by atoms with Gasteiger partial charge in [0.25, 0.3) is 0 Å². The summed E-state index contributed by atoms with van der Waals surface area (Å²) < 4.78 is 0. The van der Waals surface area contributed by atoms with Crippen LogP contribution in [-0.2, 0) is 0 Å². The summed E-state index contributed by atoms with van der Waals surface area (Å²) in [7, 11) is 2.12. The standard InChI is InChI=1S/C16H22N2/c1-11(2)16(8-14-7-13(14)4)18(5)15-6-12(3)9-17-10-15/h6-11,13H,1-5H3/b16-8-. The van der Waals surface area contributed by atoms with Gasteiger partial charge in [0.2, 0.25) is 0 Å². The lowest BCUT2D eigenvalue weighted by Gasteiger charge is -2.25. The zero-order valence-corrected chi connectivity index (χ0v) is 11.9. The third kappa shape index (κ3) is 2.81. The molecule has 1 atom stereocenters. The van der Waals surface area contributed by atoms with E-state index in [0.717, 1.165) is 5.69 Å². The Balaban J connectivity index is 2.26. The van der Waals surface area contributed by atoms with Crippen molar-refractivity contribution in [1.29, 1.82) is 0 Å². The molecule has 0 bridgehead atoms. The van der Waals surface area contributed by atoms with Gasteiger partial charge < -0.3 is 4.90 Å². The number of nitrogens with zero attached hydrogens (tertiary/aromatic N) is 2. The van der Waals surface area contributed by atoms with Gasteiger partial charge in [0.05, 0.1) is 11.9 Å². The summed E-state index contributed by atoms with van der Waals surface area (Å²) in [5.41, 5.74) is 5.15. The molecule has 2 heteroatoms. The number of aryl methyl sites for hydroxylation is 1. The average molecular weight is 242 g/mol.